The number of piperidine rings is 1. The molecule has 0 aliphatic carbocycles. The van der Waals surface area contributed by atoms with Crippen LogP contribution < -0.4 is 0 Å². The average molecular weight is 658 g/mol. The van der Waals surface area contributed by atoms with Crippen LogP contribution in [-0.4, -0.2) is 46.5 Å². The summed E-state index contributed by atoms with van der Waals surface area (Å²) in [5.41, 5.74) is 0.667. The lowest BCUT2D eigenvalue weighted by Crippen LogP contribution is -2.42. The van der Waals surface area contributed by atoms with Gasteiger partial charge < -0.3 is 15.1 Å². The first-order chi connectivity index (χ1) is 22.2. The molecule has 1 saturated heterocycles. The standard InChI is InChI=1S/C21H23ClFNO2.C18H34O2/c22-18-7-5-17(6-8-18)21(26)11-14-24(15-12-21)13-1-2-20(25)16-3-9-19(23)10-4-16;1-2-3-4-5-6-7-8-9-10-11-12-13-14-15-16-17-18(19)20/h3-10,26H,1-2,11-15H2;9-10H,2-8,11-17H2,1H3,(H,19,20). The van der Waals surface area contributed by atoms with E-state index >= 15 is 0 Å². The molecule has 0 radical (unpaired) electrons. The Balaban J connectivity index is 0.000000334. The number of carbonyl (C=O) groups excluding carboxylic acids is 1. The van der Waals surface area contributed by atoms with Crippen LogP contribution in [0.3, 0.4) is 0 Å². The van der Waals surface area contributed by atoms with Crippen molar-refractivity contribution in [2.75, 3.05) is 19.6 Å². The van der Waals surface area contributed by atoms with Crippen LogP contribution in [0.4, 0.5) is 4.39 Å². The fourth-order valence-electron chi connectivity index (χ4n) is 5.79. The summed E-state index contributed by atoms with van der Waals surface area (Å²) in [7, 11) is 0. The number of unbranched alkanes of at least 4 members (excludes halogenated alkanes) is 11. The molecule has 3 rings (SSSR count). The number of hydrogen-bond donors (Lipinski definition) is 2. The second kappa shape index (κ2) is 23.7. The summed E-state index contributed by atoms with van der Waals surface area (Å²) in [5, 5.41) is 20.1. The molecule has 7 heteroatoms. The molecular formula is C39H57ClFNO4. The predicted molar refractivity (Wildman–Crippen MR) is 188 cm³/mol. The molecule has 1 fully saturated rings. The molecular weight excluding hydrogens is 601 g/mol. The number of aliphatic hydroxyl groups is 1. The van der Waals surface area contributed by atoms with Gasteiger partial charge in [0.2, 0.25) is 0 Å². The molecule has 0 amide bonds. The molecule has 0 saturated carbocycles. The number of carbonyl (C=O) groups is 2. The number of carboxylic acids is 1. The minimum Gasteiger partial charge on any atom is -0.481 e. The first-order valence-electron chi connectivity index (χ1n) is 17.6. The van der Waals surface area contributed by atoms with E-state index < -0.39 is 11.6 Å². The monoisotopic (exact) mass is 657 g/mol. The zero-order chi connectivity index (χ0) is 33.5. The second-order valence-electron chi connectivity index (χ2n) is 12.6. The van der Waals surface area contributed by atoms with Crippen LogP contribution >= 0.6 is 11.6 Å². The van der Waals surface area contributed by atoms with Gasteiger partial charge in [0.15, 0.2) is 5.78 Å². The van der Waals surface area contributed by atoms with Gasteiger partial charge in [-0.2, -0.15) is 0 Å². The molecule has 2 aromatic rings. The number of nitrogens with zero attached hydrogens (tertiary/aromatic N) is 1. The van der Waals surface area contributed by atoms with E-state index in [0.717, 1.165) is 44.5 Å². The van der Waals surface area contributed by atoms with E-state index in [1.807, 2.05) is 24.3 Å². The van der Waals surface area contributed by atoms with Crippen LogP contribution in [0.2, 0.25) is 5.02 Å². The number of ketones is 1. The van der Waals surface area contributed by atoms with Crippen molar-refractivity contribution < 1.29 is 24.2 Å². The number of aliphatic carboxylic acids is 1. The van der Waals surface area contributed by atoms with Crippen molar-refractivity contribution in [3.8, 4) is 0 Å². The van der Waals surface area contributed by atoms with Gasteiger partial charge in [-0.1, -0.05) is 94.2 Å². The number of halogens is 2. The zero-order valence-corrected chi connectivity index (χ0v) is 28.8. The van der Waals surface area contributed by atoms with E-state index in [2.05, 4.69) is 24.0 Å². The van der Waals surface area contributed by atoms with E-state index in [1.165, 1.54) is 94.9 Å². The van der Waals surface area contributed by atoms with Crippen molar-refractivity contribution in [1.82, 2.24) is 4.90 Å². The topological polar surface area (TPSA) is 77.8 Å². The van der Waals surface area contributed by atoms with Gasteiger partial charge in [0, 0.05) is 36.5 Å². The Morgan fingerprint density at radius 1 is 0.783 bits per heavy atom. The molecule has 1 aliphatic heterocycles. The summed E-state index contributed by atoms with van der Waals surface area (Å²) in [6.45, 7) is 4.67. The Morgan fingerprint density at radius 2 is 1.33 bits per heavy atom. The zero-order valence-electron chi connectivity index (χ0n) is 28.0. The quantitative estimate of drug-likeness (QED) is 0.0793. The number of allylic oxidation sites excluding steroid dienone is 2. The number of likely N-dealkylation sites (tertiary alicyclic amines) is 1. The van der Waals surface area contributed by atoms with Gasteiger partial charge in [-0.15, -0.1) is 0 Å². The molecule has 5 nitrogen and oxygen atoms in total. The van der Waals surface area contributed by atoms with Gasteiger partial charge in [-0.25, -0.2) is 4.39 Å². The summed E-state index contributed by atoms with van der Waals surface area (Å²) in [6, 6.07) is 13.1. The highest BCUT2D eigenvalue weighted by atomic mass is 35.5. The fourth-order valence-corrected chi connectivity index (χ4v) is 5.91. The lowest BCUT2D eigenvalue weighted by molar-refractivity contribution is -0.137. The van der Waals surface area contributed by atoms with Crippen molar-refractivity contribution in [3.05, 3.63) is 82.6 Å². The van der Waals surface area contributed by atoms with Crippen LogP contribution in [0.1, 0.15) is 138 Å². The lowest BCUT2D eigenvalue weighted by Gasteiger charge is -2.38. The lowest BCUT2D eigenvalue weighted by atomic mass is 9.84. The third-order valence-electron chi connectivity index (χ3n) is 8.76. The molecule has 256 valence electrons. The largest absolute Gasteiger partial charge is 0.481 e. The molecule has 0 aromatic heterocycles. The van der Waals surface area contributed by atoms with Crippen LogP contribution in [0, 0.1) is 5.82 Å². The minimum absolute atomic E-state index is 0.0414. The van der Waals surface area contributed by atoms with Crippen molar-refractivity contribution in [2.45, 2.75) is 128 Å². The Kier molecular flexibility index (Phi) is 20.4. The highest BCUT2D eigenvalue weighted by Gasteiger charge is 2.33. The number of carboxylic acid groups (broad SMARTS) is 1. The second-order valence-corrected chi connectivity index (χ2v) is 13.1. The van der Waals surface area contributed by atoms with Crippen molar-refractivity contribution in [3.63, 3.8) is 0 Å². The Hall–Kier alpha value is -2.54. The fraction of sp³-hybridized carbons (Fsp3) is 0.590. The van der Waals surface area contributed by atoms with Gasteiger partial charge in [0.25, 0.3) is 0 Å². The van der Waals surface area contributed by atoms with Crippen molar-refractivity contribution in [2.24, 2.45) is 0 Å². The molecule has 0 unspecified atom stereocenters. The first kappa shape index (κ1) is 39.6. The maximum Gasteiger partial charge on any atom is 0.303 e. The van der Waals surface area contributed by atoms with Gasteiger partial charge in [0.1, 0.15) is 5.82 Å². The van der Waals surface area contributed by atoms with Gasteiger partial charge in [-0.3, -0.25) is 9.59 Å². The van der Waals surface area contributed by atoms with E-state index in [9.17, 15) is 19.1 Å². The number of Topliss-reactive ketones (excluding diaryl/α,β-unsaturated/α-hetero) is 1. The highest BCUT2D eigenvalue weighted by Crippen LogP contribution is 2.33. The minimum atomic E-state index is -0.801. The summed E-state index contributed by atoms with van der Waals surface area (Å²) in [5.74, 6) is -0.953. The third-order valence-corrected chi connectivity index (χ3v) is 9.01. The van der Waals surface area contributed by atoms with E-state index in [1.54, 1.807) is 0 Å². The molecule has 1 aliphatic rings. The molecule has 2 N–H and O–H groups in total. The smallest absolute Gasteiger partial charge is 0.303 e. The van der Waals surface area contributed by atoms with E-state index in [-0.39, 0.29) is 11.6 Å². The molecule has 1 heterocycles. The summed E-state index contributed by atoms with van der Waals surface area (Å²) >= 11 is 5.92. The van der Waals surface area contributed by atoms with Gasteiger partial charge in [0.05, 0.1) is 5.60 Å². The summed E-state index contributed by atoms with van der Waals surface area (Å²) in [6.07, 6.45) is 23.8. The van der Waals surface area contributed by atoms with E-state index in [0.29, 0.717) is 36.3 Å². The average Bonchev–Trinajstić information content (AvgIpc) is 3.04. The Labute approximate surface area is 282 Å². The third kappa shape index (κ3) is 17.4. The summed E-state index contributed by atoms with van der Waals surface area (Å²) in [4.78, 5) is 24.7. The number of hydrogen-bond acceptors (Lipinski definition) is 4. The Morgan fingerprint density at radius 3 is 1.89 bits per heavy atom. The maximum absolute atomic E-state index is 12.9. The molecule has 0 spiro atoms. The summed E-state index contributed by atoms with van der Waals surface area (Å²) < 4.78 is 12.9. The number of rotatable bonds is 21. The Bertz CT molecular complexity index is 1130. The van der Waals surface area contributed by atoms with Crippen LogP contribution in [0.15, 0.2) is 60.7 Å². The van der Waals surface area contributed by atoms with Crippen molar-refractivity contribution >= 4 is 23.4 Å². The van der Waals surface area contributed by atoms with Crippen LogP contribution in [0.25, 0.3) is 0 Å². The highest BCUT2D eigenvalue weighted by molar-refractivity contribution is 6.30. The molecule has 0 atom stereocenters. The van der Waals surface area contributed by atoms with E-state index in [4.69, 9.17) is 16.7 Å². The molecule has 0 bridgehead atoms. The number of benzene rings is 2. The van der Waals surface area contributed by atoms with Crippen LogP contribution in [0.5, 0.6) is 0 Å². The molecule has 2 aromatic carbocycles. The van der Waals surface area contributed by atoms with Crippen molar-refractivity contribution in [1.29, 1.82) is 0 Å². The SMILES string of the molecule is CCCCCCCCC=CCCCCCCCC(=O)O.O=C(CCCN1CCC(O)(c2ccc(Cl)cc2)CC1)c1ccc(F)cc1. The maximum atomic E-state index is 12.9. The van der Waals surface area contributed by atoms with Crippen LogP contribution in [-0.2, 0) is 10.4 Å². The first-order valence-corrected chi connectivity index (χ1v) is 18.0. The molecule has 46 heavy (non-hydrogen) atoms. The van der Waals surface area contributed by atoms with Gasteiger partial charge >= 0.3 is 5.97 Å². The predicted octanol–water partition coefficient (Wildman–Crippen LogP) is 10.5. The van der Waals surface area contributed by atoms with Gasteiger partial charge in [-0.05, 0) is 99.9 Å². The normalized spacial score (nSPS) is 14.6.